The van der Waals surface area contributed by atoms with E-state index in [4.69, 9.17) is 17.1 Å². The zero-order chi connectivity index (χ0) is 8.27. The average Bonchev–Trinajstić information content (AvgIpc) is 2.04. The molecule has 0 amide bonds. The average molecular weight is 170 g/mol. The first-order chi connectivity index (χ1) is 5.29. The Morgan fingerprint density at radius 2 is 2.27 bits per heavy atom. The highest BCUT2D eigenvalue weighted by Crippen LogP contribution is 2.32. The van der Waals surface area contributed by atoms with Gasteiger partial charge in [-0.05, 0) is 12.1 Å². The summed E-state index contributed by atoms with van der Waals surface area (Å²) in [6.45, 7) is 0. The molecule has 0 aliphatic rings. The van der Waals surface area contributed by atoms with E-state index in [0.29, 0.717) is 10.7 Å². The molecule has 2 N–H and O–H groups in total. The maximum atomic E-state index is 6.83. The predicted octanol–water partition coefficient (Wildman–Crippen LogP) is 3.04. The summed E-state index contributed by atoms with van der Waals surface area (Å²) in [7, 11) is 1.76. The monoisotopic (exact) mass is 169 g/mol. The zero-order valence-electron chi connectivity index (χ0n) is 6.06. The van der Waals surface area contributed by atoms with Crippen LogP contribution in [0.2, 0.25) is 5.02 Å². The van der Waals surface area contributed by atoms with Crippen molar-refractivity contribution in [3.63, 3.8) is 0 Å². The van der Waals surface area contributed by atoms with Crippen molar-refractivity contribution in [1.29, 1.82) is 5.53 Å². The Balaban J connectivity index is 3.24. The lowest BCUT2D eigenvalue weighted by molar-refractivity contribution is 1.15. The molecule has 0 bridgehead atoms. The van der Waals surface area contributed by atoms with Crippen LogP contribution in [0.15, 0.2) is 23.3 Å². The number of benzene rings is 1. The highest BCUT2D eigenvalue weighted by Gasteiger charge is 2.02. The fourth-order valence-electron chi connectivity index (χ4n) is 0.831. The summed E-state index contributed by atoms with van der Waals surface area (Å²) in [6, 6.07) is 5.33. The van der Waals surface area contributed by atoms with Crippen LogP contribution in [-0.4, -0.2) is 7.05 Å². The van der Waals surface area contributed by atoms with Gasteiger partial charge in [-0.2, -0.15) is 5.11 Å². The summed E-state index contributed by atoms with van der Waals surface area (Å²) in [6.07, 6.45) is 0. The minimum Gasteiger partial charge on any atom is -0.386 e. The number of nitrogens with one attached hydrogen (secondary N) is 2. The standard InChI is InChI=1S/C7H8ClN3/c1-10-6-4-2-3-5(8)7(6)11-9/h2-4,9-10H,1H3. The van der Waals surface area contributed by atoms with Gasteiger partial charge in [0, 0.05) is 7.05 Å². The van der Waals surface area contributed by atoms with Gasteiger partial charge in [-0.25, -0.2) is 5.53 Å². The molecule has 0 aliphatic carbocycles. The van der Waals surface area contributed by atoms with Gasteiger partial charge in [0.25, 0.3) is 0 Å². The Morgan fingerprint density at radius 3 is 2.73 bits per heavy atom. The Morgan fingerprint density at radius 1 is 1.55 bits per heavy atom. The second kappa shape index (κ2) is 3.34. The molecule has 0 saturated carbocycles. The number of anilines is 1. The van der Waals surface area contributed by atoms with E-state index in [0.717, 1.165) is 5.69 Å². The minimum absolute atomic E-state index is 0.483. The Hall–Kier alpha value is -1.09. The van der Waals surface area contributed by atoms with Crippen LogP contribution >= 0.6 is 11.6 Å². The third-order valence-electron chi connectivity index (χ3n) is 1.37. The van der Waals surface area contributed by atoms with Gasteiger partial charge in [0.15, 0.2) is 0 Å². The maximum absolute atomic E-state index is 6.83. The molecule has 0 aliphatic heterocycles. The van der Waals surface area contributed by atoms with E-state index in [-0.39, 0.29) is 0 Å². The quantitative estimate of drug-likeness (QED) is 0.657. The molecular formula is C7H8ClN3. The summed E-state index contributed by atoms with van der Waals surface area (Å²) < 4.78 is 0. The van der Waals surface area contributed by atoms with Crippen LogP contribution in [0.3, 0.4) is 0 Å². The Bertz CT molecular complexity index is 272. The van der Waals surface area contributed by atoms with E-state index >= 15 is 0 Å². The number of hydrogen-bond acceptors (Lipinski definition) is 3. The molecule has 0 saturated heterocycles. The van der Waals surface area contributed by atoms with Gasteiger partial charge in [-0.1, -0.05) is 17.7 Å². The molecular weight excluding hydrogens is 162 g/mol. The van der Waals surface area contributed by atoms with Crippen molar-refractivity contribution in [3.8, 4) is 0 Å². The molecule has 1 aromatic carbocycles. The Kier molecular flexibility index (Phi) is 2.44. The SMILES string of the molecule is CNc1cccc(Cl)c1N=N. The van der Waals surface area contributed by atoms with Gasteiger partial charge in [-0.15, -0.1) is 0 Å². The van der Waals surface area contributed by atoms with Crippen LogP contribution in [0.5, 0.6) is 0 Å². The van der Waals surface area contributed by atoms with Crippen molar-refractivity contribution < 1.29 is 0 Å². The highest BCUT2D eigenvalue weighted by atomic mass is 35.5. The zero-order valence-corrected chi connectivity index (χ0v) is 6.81. The summed E-state index contributed by atoms with van der Waals surface area (Å²) in [5, 5.41) is 6.68. The molecule has 11 heavy (non-hydrogen) atoms. The van der Waals surface area contributed by atoms with E-state index in [9.17, 15) is 0 Å². The Labute approximate surface area is 69.9 Å². The molecule has 1 rings (SSSR count). The number of para-hydroxylation sites is 1. The first-order valence-corrected chi connectivity index (χ1v) is 3.51. The van der Waals surface area contributed by atoms with Gasteiger partial charge in [0.2, 0.25) is 0 Å². The fourth-order valence-corrected chi connectivity index (χ4v) is 1.05. The number of halogens is 1. The van der Waals surface area contributed by atoms with Crippen molar-refractivity contribution in [3.05, 3.63) is 23.2 Å². The lowest BCUT2D eigenvalue weighted by Gasteiger charge is -2.03. The second-order valence-corrected chi connectivity index (χ2v) is 2.41. The normalized spacial score (nSPS) is 9.27. The van der Waals surface area contributed by atoms with Gasteiger partial charge in [-0.3, -0.25) is 0 Å². The van der Waals surface area contributed by atoms with E-state index < -0.39 is 0 Å². The first-order valence-electron chi connectivity index (χ1n) is 3.13. The van der Waals surface area contributed by atoms with E-state index in [2.05, 4.69) is 10.4 Å². The molecule has 0 radical (unpaired) electrons. The second-order valence-electron chi connectivity index (χ2n) is 2.00. The summed E-state index contributed by atoms with van der Waals surface area (Å²) >= 11 is 5.75. The predicted molar refractivity (Wildman–Crippen MR) is 45.8 cm³/mol. The van der Waals surface area contributed by atoms with Crippen molar-refractivity contribution >= 4 is 23.0 Å². The van der Waals surface area contributed by atoms with Crippen molar-refractivity contribution in [1.82, 2.24) is 0 Å². The van der Waals surface area contributed by atoms with Gasteiger partial charge in [0.05, 0.1) is 10.7 Å². The van der Waals surface area contributed by atoms with Crippen LogP contribution < -0.4 is 5.32 Å². The largest absolute Gasteiger partial charge is 0.386 e. The van der Waals surface area contributed by atoms with Crippen LogP contribution in [-0.2, 0) is 0 Å². The van der Waals surface area contributed by atoms with Gasteiger partial charge in [0.1, 0.15) is 5.69 Å². The summed E-state index contributed by atoms with van der Waals surface area (Å²) in [5.41, 5.74) is 8.08. The van der Waals surface area contributed by atoms with Crippen molar-refractivity contribution in [2.45, 2.75) is 0 Å². The van der Waals surface area contributed by atoms with Crippen LogP contribution in [0, 0.1) is 5.53 Å². The highest BCUT2D eigenvalue weighted by molar-refractivity contribution is 6.33. The van der Waals surface area contributed by atoms with Crippen LogP contribution in [0.4, 0.5) is 11.4 Å². The summed E-state index contributed by atoms with van der Waals surface area (Å²) in [5.74, 6) is 0. The van der Waals surface area contributed by atoms with Gasteiger partial charge >= 0.3 is 0 Å². The number of nitrogens with zero attached hydrogens (tertiary/aromatic N) is 1. The molecule has 0 spiro atoms. The van der Waals surface area contributed by atoms with Crippen LogP contribution in [0.1, 0.15) is 0 Å². The maximum Gasteiger partial charge on any atom is 0.127 e. The molecule has 58 valence electrons. The number of rotatable bonds is 2. The molecule has 0 heterocycles. The smallest absolute Gasteiger partial charge is 0.127 e. The molecule has 0 atom stereocenters. The van der Waals surface area contributed by atoms with Gasteiger partial charge < -0.3 is 5.32 Å². The van der Waals surface area contributed by atoms with Crippen molar-refractivity contribution in [2.75, 3.05) is 12.4 Å². The first kappa shape index (κ1) is 8.01. The minimum atomic E-state index is 0.483. The molecule has 4 heteroatoms. The third kappa shape index (κ3) is 1.49. The lowest BCUT2D eigenvalue weighted by Crippen LogP contribution is -1.87. The molecule has 0 fully saturated rings. The van der Waals surface area contributed by atoms with E-state index in [1.807, 2.05) is 12.1 Å². The number of hydrogen-bond donors (Lipinski definition) is 2. The van der Waals surface area contributed by atoms with Crippen molar-refractivity contribution in [2.24, 2.45) is 5.11 Å². The van der Waals surface area contributed by atoms with E-state index in [1.165, 1.54) is 0 Å². The third-order valence-corrected chi connectivity index (χ3v) is 1.67. The lowest BCUT2D eigenvalue weighted by atomic mass is 10.3. The summed E-state index contributed by atoms with van der Waals surface area (Å²) in [4.78, 5) is 0. The van der Waals surface area contributed by atoms with Crippen LogP contribution in [0.25, 0.3) is 0 Å². The molecule has 0 unspecified atom stereocenters. The fraction of sp³-hybridized carbons (Fsp3) is 0.143. The molecule has 1 aromatic rings. The van der Waals surface area contributed by atoms with E-state index in [1.54, 1.807) is 13.1 Å². The topological polar surface area (TPSA) is 48.2 Å². The molecule has 0 aromatic heterocycles. The molecule has 3 nitrogen and oxygen atoms in total.